The molecular formula is C21H25ClN4O. The number of pyridine rings is 1. The number of piperidine rings is 1. The van der Waals surface area contributed by atoms with Gasteiger partial charge >= 0.3 is 6.03 Å². The van der Waals surface area contributed by atoms with Crippen LogP contribution in [0.5, 0.6) is 0 Å². The Morgan fingerprint density at radius 2 is 1.81 bits per heavy atom. The highest BCUT2D eigenvalue weighted by Gasteiger charge is 2.30. The van der Waals surface area contributed by atoms with Gasteiger partial charge in [0.1, 0.15) is 0 Å². The molecule has 2 aliphatic rings. The van der Waals surface area contributed by atoms with Crippen molar-refractivity contribution in [2.75, 3.05) is 29.9 Å². The number of amides is 2. The van der Waals surface area contributed by atoms with Gasteiger partial charge in [0.25, 0.3) is 0 Å². The fourth-order valence-corrected chi connectivity index (χ4v) is 4.32. The number of likely N-dealkylation sites (tertiary alicyclic amines) is 1. The van der Waals surface area contributed by atoms with E-state index in [-0.39, 0.29) is 12.1 Å². The number of halogens is 1. The molecule has 0 saturated carbocycles. The Hall–Kier alpha value is -2.27. The minimum absolute atomic E-state index is 0.0603. The van der Waals surface area contributed by atoms with Crippen LogP contribution < -0.4 is 10.2 Å². The summed E-state index contributed by atoms with van der Waals surface area (Å²) < 4.78 is 0. The van der Waals surface area contributed by atoms with Crippen LogP contribution in [0.3, 0.4) is 0 Å². The van der Waals surface area contributed by atoms with Crippen molar-refractivity contribution in [3.8, 4) is 0 Å². The third-order valence-electron chi connectivity index (χ3n) is 5.50. The molecule has 2 aromatic rings. The van der Waals surface area contributed by atoms with Gasteiger partial charge in [0.2, 0.25) is 0 Å². The minimum atomic E-state index is -0.0603. The molecule has 2 saturated heterocycles. The lowest BCUT2D eigenvalue weighted by atomic mass is 10.1. The molecule has 0 aliphatic carbocycles. The lowest BCUT2D eigenvalue weighted by Gasteiger charge is -2.31. The van der Waals surface area contributed by atoms with Gasteiger partial charge in [-0.25, -0.2) is 4.79 Å². The fourth-order valence-electron chi connectivity index (χ4n) is 4.15. The third-order valence-corrected chi connectivity index (χ3v) is 5.74. The van der Waals surface area contributed by atoms with Gasteiger partial charge in [0, 0.05) is 37.1 Å². The minimum Gasteiger partial charge on any atom is -0.370 e. The van der Waals surface area contributed by atoms with Crippen LogP contribution in [0.15, 0.2) is 42.7 Å². The van der Waals surface area contributed by atoms with Crippen LogP contribution in [-0.4, -0.2) is 35.5 Å². The number of anilines is 2. The number of nitrogens with zero attached hydrogens (tertiary/aromatic N) is 3. The van der Waals surface area contributed by atoms with Crippen LogP contribution in [0.1, 0.15) is 43.7 Å². The second-order valence-corrected chi connectivity index (χ2v) is 7.71. The SMILES string of the molecule is O=C(Nc1cc(Cl)ccc1N1CCCCC1)N1CCCC1c1ccncc1. The zero-order valence-electron chi connectivity index (χ0n) is 15.4. The van der Waals surface area contributed by atoms with Crippen molar-refractivity contribution in [2.45, 2.75) is 38.1 Å². The molecule has 27 heavy (non-hydrogen) atoms. The van der Waals surface area contributed by atoms with Gasteiger partial charge in [-0.2, -0.15) is 0 Å². The normalized spacial score (nSPS) is 20.0. The van der Waals surface area contributed by atoms with Crippen molar-refractivity contribution < 1.29 is 4.79 Å². The summed E-state index contributed by atoms with van der Waals surface area (Å²) >= 11 is 6.23. The van der Waals surface area contributed by atoms with E-state index in [1.54, 1.807) is 12.4 Å². The first-order chi connectivity index (χ1) is 13.2. The number of nitrogens with one attached hydrogen (secondary N) is 1. The van der Waals surface area contributed by atoms with Crippen LogP contribution in [0, 0.1) is 0 Å². The first-order valence-electron chi connectivity index (χ1n) is 9.74. The van der Waals surface area contributed by atoms with Crippen molar-refractivity contribution in [2.24, 2.45) is 0 Å². The number of benzene rings is 1. The number of hydrogen-bond acceptors (Lipinski definition) is 3. The molecule has 142 valence electrons. The second-order valence-electron chi connectivity index (χ2n) is 7.27. The van der Waals surface area contributed by atoms with Gasteiger partial charge < -0.3 is 15.1 Å². The molecule has 1 N–H and O–H groups in total. The molecule has 0 bridgehead atoms. The van der Waals surface area contributed by atoms with E-state index in [2.05, 4.69) is 15.2 Å². The Kier molecular flexibility index (Phi) is 5.48. The maximum absolute atomic E-state index is 13.1. The number of carbonyl (C=O) groups excluding carboxylic acids is 1. The van der Waals surface area contributed by atoms with Crippen molar-refractivity contribution in [1.82, 2.24) is 9.88 Å². The molecule has 0 radical (unpaired) electrons. The summed E-state index contributed by atoms with van der Waals surface area (Å²) in [4.78, 5) is 21.4. The summed E-state index contributed by atoms with van der Waals surface area (Å²) in [7, 11) is 0. The monoisotopic (exact) mass is 384 g/mol. The predicted octanol–water partition coefficient (Wildman–Crippen LogP) is 5.09. The maximum Gasteiger partial charge on any atom is 0.322 e. The summed E-state index contributed by atoms with van der Waals surface area (Å²) in [6.45, 7) is 2.81. The molecule has 6 heteroatoms. The fraction of sp³-hybridized carbons (Fsp3) is 0.429. The molecule has 3 heterocycles. The molecule has 1 atom stereocenters. The van der Waals surface area contributed by atoms with Crippen LogP contribution in [-0.2, 0) is 0 Å². The van der Waals surface area contributed by atoms with Crippen LogP contribution >= 0.6 is 11.6 Å². The first-order valence-corrected chi connectivity index (χ1v) is 10.1. The van der Waals surface area contributed by atoms with Gasteiger partial charge in [-0.1, -0.05) is 11.6 Å². The van der Waals surface area contributed by atoms with E-state index in [9.17, 15) is 4.79 Å². The van der Waals surface area contributed by atoms with Crippen molar-refractivity contribution in [3.05, 3.63) is 53.3 Å². The zero-order valence-corrected chi connectivity index (χ0v) is 16.2. The first kappa shape index (κ1) is 18.1. The molecule has 1 unspecified atom stereocenters. The van der Waals surface area contributed by atoms with Gasteiger partial charge in [0.15, 0.2) is 0 Å². The Bertz CT molecular complexity index is 792. The van der Waals surface area contributed by atoms with Crippen LogP contribution in [0.4, 0.5) is 16.2 Å². The van der Waals surface area contributed by atoms with Gasteiger partial charge in [-0.3, -0.25) is 4.98 Å². The van der Waals surface area contributed by atoms with E-state index in [0.29, 0.717) is 5.02 Å². The Morgan fingerprint density at radius 3 is 2.59 bits per heavy atom. The molecule has 2 fully saturated rings. The summed E-state index contributed by atoms with van der Waals surface area (Å²) in [6.07, 6.45) is 9.21. The molecular weight excluding hydrogens is 360 g/mol. The smallest absolute Gasteiger partial charge is 0.322 e. The quantitative estimate of drug-likeness (QED) is 0.801. The Labute approximate surface area is 165 Å². The molecule has 5 nitrogen and oxygen atoms in total. The van der Waals surface area contributed by atoms with Crippen molar-refractivity contribution in [1.29, 1.82) is 0 Å². The van der Waals surface area contributed by atoms with Crippen molar-refractivity contribution >= 4 is 29.0 Å². The average Bonchev–Trinajstić information content (AvgIpc) is 3.19. The molecule has 4 rings (SSSR count). The van der Waals surface area contributed by atoms with E-state index in [4.69, 9.17) is 11.6 Å². The summed E-state index contributed by atoms with van der Waals surface area (Å²) in [5.41, 5.74) is 3.00. The summed E-state index contributed by atoms with van der Waals surface area (Å²) in [5, 5.41) is 3.77. The van der Waals surface area contributed by atoms with E-state index < -0.39 is 0 Å². The summed E-state index contributed by atoms with van der Waals surface area (Å²) in [6, 6.07) is 9.81. The van der Waals surface area contributed by atoms with Crippen LogP contribution in [0.2, 0.25) is 5.02 Å². The topological polar surface area (TPSA) is 48.5 Å². The predicted molar refractivity (Wildman–Crippen MR) is 109 cm³/mol. The molecule has 1 aromatic carbocycles. The highest BCUT2D eigenvalue weighted by molar-refractivity contribution is 6.31. The standard InChI is InChI=1S/C21H25ClN4O/c22-17-6-7-20(25-12-2-1-3-13-25)18(15-17)24-21(27)26-14-4-5-19(26)16-8-10-23-11-9-16/h6-11,15,19H,1-5,12-14H2,(H,24,27). The Balaban J connectivity index is 1.54. The average molecular weight is 385 g/mol. The number of rotatable bonds is 3. The molecule has 0 spiro atoms. The van der Waals surface area contributed by atoms with E-state index >= 15 is 0 Å². The Morgan fingerprint density at radius 1 is 1.04 bits per heavy atom. The number of urea groups is 1. The molecule has 1 aromatic heterocycles. The number of carbonyl (C=O) groups is 1. The number of aromatic nitrogens is 1. The van der Waals surface area contributed by atoms with E-state index in [0.717, 1.165) is 49.4 Å². The maximum atomic E-state index is 13.1. The second kappa shape index (κ2) is 8.17. The van der Waals surface area contributed by atoms with Gasteiger partial charge in [-0.05, 0) is 68.0 Å². The zero-order chi connectivity index (χ0) is 18.6. The lowest BCUT2D eigenvalue weighted by Crippen LogP contribution is -2.35. The van der Waals surface area contributed by atoms with E-state index in [1.807, 2.05) is 35.2 Å². The van der Waals surface area contributed by atoms with Crippen molar-refractivity contribution in [3.63, 3.8) is 0 Å². The molecule has 2 aliphatic heterocycles. The van der Waals surface area contributed by atoms with Crippen LogP contribution in [0.25, 0.3) is 0 Å². The van der Waals surface area contributed by atoms with Gasteiger partial charge in [-0.15, -0.1) is 0 Å². The highest BCUT2D eigenvalue weighted by Crippen LogP contribution is 2.35. The van der Waals surface area contributed by atoms with Gasteiger partial charge in [0.05, 0.1) is 17.4 Å². The lowest BCUT2D eigenvalue weighted by molar-refractivity contribution is 0.207. The largest absolute Gasteiger partial charge is 0.370 e. The molecule has 2 amide bonds. The highest BCUT2D eigenvalue weighted by atomic mass is 35.5. The third kappa shape index (κ3) is 4.03. The summed E-state index contributed by atoms with van der Waals surface area (Å²) in [5.74, 6) is 0. The van der Waals surface area contributed by atoms with E-state index in [1.165, 1.54) is 19.3 Å². The number of hydrogen-bond donors (Lipinski definition) is 1.